The van der Waals surface area contributed by atoms with Crippen molar-refractivity contribution in [3.8, 4) is 5.75 Å². The number of ether oxygens (including phenoxy) is 1. The molecule has 192 valence electrons. The van der Waals surface area contributed by atoms with Crippen molar-refractivity contribution >= 4 is 40.5 Å². The molecule has 0 atom stereocenters. The van der Waals surface area contributed by atoms with Gasteiger partial charge >= 0.3 is 0 Å². The van der Waals surface area contributed by atoms with Gasteiger partial charge in [0.2, 0.25) is 11.9 Å². The van der Waals surface area contributed by atoms with E-state index in [1.54, 1.807) is 38.3 Å². The molecule has 2 heterocycles. The smallest absolute Gasteiger partial charge is 0.229 e. The fourth-order valence-electron chi connectivity index (χ4n) is 4.08. The molecule has 1 amide bonds. The first kappa shape index (κ1) is 25.6. The number of piperazine rings is 1. The summed E-state index contributed by atoms with van der Waals surface area (Å²) < 4.78 is 20.2. The third-order valence-electron chi connectivity index (χ3n) is 6.13. The summed E-state index contributed by atoms with van der Waals surface area (Å²) in [5.41, 5.74) is 2.84. The largest absolute Gasteiger partial charge is 0.494 e. The van der Waals surface area contributed by atoms with E-state index in [9.17, 15) is 14.0 Å². The molecule has 0 radical (unpaired) electrons. The third-order valence-corrected chi connectivity index (χ3v) is 6.13. The summed E-state index contributed by atoms with van der Waals surface area (Å²) >= 11 is 0. The number of halogens is 1. The lowest BCUT2D eigenvalue weighted by Gasteiger charge is -2.35. The van der Waals surface area contributed by atoms with Gasteiger partial charge in [0, 0.05) is 57.0 Å². The van der Waals surface area contributed by atoms with Crippen LogP contribution in [0.5, 0.6) is 5.75 Å². The molecular formula is C27H29FN6O3. The molecule has 0 unspecified atom stereocenters. The van der Waals surface area contributed by atoms with Gasteiger partial charge in [-0.2, -0.15) is 4.98 Å². The molecule has 1 aromatic heterocycles. The zero-order chi connectivity index (χ0) is 26.4. The highest BCUT2D eigenvalue weighted by Gasteiger charge is 2.20. The Balaban J connectivity index is 1.51. The van der Waals surface area contributed by atoms with E-state index in [1.165, 1.54) is 6.08 Å². The van der Waals surface area contributed by atoms with Gasteiger partial charge in [-0.15, -0.1) is 0 Å². The number of amides is 1. The molecule has 1 aliphatic rings. The number of ketones is 1. The first-order valence-electron chi connectivity index (χ1n) is 11.9. The molecule has 0 spiro atoms. The Morgan fingerprint density at radius 2 is 1.86 bits per heavy atom. The van der Waals surface area contributed by atoms with Crippen LogP contribution in [0.4, 0.5) is 33.2 Å². The molecule has 0 bridgehead atoms. The summed E-state index contributed by atoms with van der Waals surface area (Å²) in [6, 6.07) is 12.8. The quantitative estimate of drug-likeness (QED) is 0.421. The van der Waals surface area contributed by atoms with Crippen LogP contribution in [0.2, 0.25) is 0 Å². The van der Waals surface area contributed by atoms with Crippen molar-refractivity contribution in [2.24, 2.45) is 0 Å². The molecular weight excluding hydrogens is 475 g/mol. The van der Waals surface area contributed by atoms with Crippen LogP contribution in [0.1, 0.15) is 12.5 Å². The van der Waals surface area contributed by atoms with Crippen LogP contribution in [0.15, 0.2) is 61.3 Å². The summed E-state index contributed by atoms with van der Waals surface area (Å²) in [4.78, 5) is 35.8. The number of anilines is 5. The van der Waals surface area contributed by atoms with Crippen LogP contribution in [-0.2, 0) is 16.0 Å². The number of carbonyl (C=O) groups is 2. The van der Waals surface area contributed by atoms with Gasteiger partial charge in [-0.3, -0.25) is 9.59 Å². The molecule has 0 aliphatic carbocycles. The summed E-state index contributed by atoms with van der Waals surface area (Å²) in [5, 5.41) is 6.06. The minimum atomic E-state index is -0.637. The number of para-hydroxylation sites is 1. The number of nitrogens with one attached hydrogen (secondary N) is 2. The van der Waals surface area contributed by atoms with Crippen LogP contribution in [0.3, 0.4) is 0 Å². The SMILES string of the molecule is C=CC(=O)Cc1ccccc1Nc1nc(Nc2ccc(N3CCN(C(C)=O)CC3)cc2OC)ncc1F. The number of rotatable bonds is 9. The summed E-state index contributed by atoms with van der Waals surface area (Å²) in [6.45, 7) is 7.88. The maximum Gasteiger partial charge on any atom is 0.229 e. The molecule has 4 rings (SSSR count). The predicted octanol–water partition coefficient (Wildman–Crippen LogP) is 4.08. The molecule has 3 aromatic rings. The summed E-state index contributed by atoms with van der Waals surface area (Å²) in [5.74, 6) is 0.0129. The van der Waals surface area contributed by atoms with Gasteiger partial charge < -0.3 is 25.2 Å². The minimum absolute atomic E-state index is 0.0325. The molecule has 10 heteroatoms. The Bertz CT molecular complexity index is 1310. The highest BCUT2D eigenvalue weighted by Crippen LogP contribution is 2.32. The van der Waals surface area contributed by atoms with Crippen LogP contribution >= 0.6 is 0 Å². The maximum absolute atomic E-state index is 14.6. The van der Waals surface area contributed by atoms with Crippen LogP contribution < -0.4 is 20.3 Å². The second-order valence-corrected chi connectivity index (χ2v) is 8.52. The molecule has 1 saturated heterocycles. The number of hydrogen-bond donors (Lipinski definition) is 2. The Labute approximate surface area is 215 Å². The van der Waals surface area contributed by atoms with Crippen molar-refractivity contribution in [2.75, 3.05) is 48.8 Å². The molecule has 2 N–H and O–H groups in total. The lowest BCUT2D eigenvalue weighted by Crippen LogP contribution is -2.48. The fourth-order valence-corrected chi connectivity index (χ4v) is 4.08. The highest BCUT2D eigenvalue weighted by molar-refractivity contribution is 5.92. The molecule has 2 aromatic carbocycles. The van der Waals surface area contributed by atoms with Gasteiger partial charge in [0.1, 0.15) is 5.75 Å². The van der Waals surface area contributed by atoms with E-state index in [-0.39, 0.29) is 29.9 Å². The van der Waals surface area contributed by atoms with Gasteiger partial charge in [0.05, 0.1) is 19.0 Å². The molecule has 1 fully saturated rings. The van der Waals surface area contributed by atoms with E-state index in [0.29, 0.717) is 35.8 Å². The van der Waals surface area contributed by atoms with Gasteiger partial charge in [-0.1, -0.05) is 24.8 Å². The zero-order valence-corrected chi connectivity index (χ0v) is 20.8. The Morgan fingerprint density at radius 3 is 2.57 bits per heavy atom. The standard InChI is InChI=1S/C27H29FN6O3/c1-4-21(36)15-19-7-5-6-8-23(19)30-26-22(28)17-29-27(32-26)31-24-10-9-20(16-25(24)37-3)34-13-11-33(12-14-34)18(2)35/h4-10,16-17H,1,11-15H2,2-3H3,(H2,29,30,31,32). The maximum atomic E-state index is 14.6. The number of carbonyl (C=O) groups excluding carboxylic acids is 2. The molecule has 1 aliphatic heterocycles. The second kappa shape index (κ2) is 11.5. The van der Waals surface area contributed by atoms with Crippen molar-refractivity contribution in [3.05, 3.63) is 72.7 Å². The average Bonchev–Trinajstić information content (AvgIpc) is 2.91. The van der Waals surface area contributed by atoms with Crippen molar-refractivity contribution in [1.82, 2.24) is 14.9 Å². The van der Waals surface area contributed by atoms with Crippen LogP contribution in [0, 0.1) is 5.82 Å². The summed E-state index contributed by atoms with van der Waals surface area (Å²) in [6.07, 6.45) is 2.47. The van der Waals surface area contributed by atoms with Gasteiger partial charge in [0.15, 0.2) is 17.4 Å². The zero-order valence-electron chi connectivity index (χ0n) is 20.8. The van der Waals surface area contributed by atoms with Gasteiger partial charge in [-0.25, -0.2) is 9.37 Å². The van der Waals surface area contributed by atoms with Crippen molar-refractivity contribution in [1.29, 1.82) is 0 Å². The van der Waals surface area contributed by atoms with Gasteiger partial charge in [-0.05, 0) is 29.8 Å². The lowest BCUT2D eigenvalue weighted by atomic mass is 10.1. The molecule has 0 saturated carbocycles. The van der Waals surface area contributed by atoms with Crippen molar-refractivity contribution in [3.63, 3.8) is 0 Å². The Hall–Kier alpha value is -4.47. The van der Waals surface area contributed by atoms with E-state index in [4.69, 9.17) is 4.74 Å². The first-order chi connectivity index (χ1) is 17.9. The van der Waals surface area contributed by atoms with E-state index in [0.717, 1.165) is 25.0 Å². The number of aromatic nitrogens is 2. The summed E-state index contributed by atoms with van der Waals surface area (Å²) in [7, 11) is 1.57. The number of hydrogen-bond acceptors (Lipinski definition) is 8. The van der Waals surface area contributed by atoms with E-state index in [2.05, 4.69) is 32.1 Å². The fraction of sp³-hybridized carbons (Fsp3) is 0.259. The normalized spacial score (nSPS) is 13.2. The van der Waals surface area contributed by atoms with Crippen LogP contribution in [0.25, 0.3) is 0 Å². The Kier molecular flexibility index (Phi) is 7.97. The van der Waals surface area contributed by atoms with E-state index < -0.39 is 5.82 Å². The number of nitrogens with zero attached hydrogens (tertiary/aromatic N) is 4. The lowest BCUT2D eigenvalue weighted by molar-refractivity contribution is -0.129. The van der Waals surface area contributed by atoms with Crippen molar-refractivity contribution in [2.45, 2.75) is 13.3 Å². The minimum Gasteiger partial charge on any atom is -0.494 e. The molecule has 9 nitrogen and oxygen atoms in total. The number of methoxy groups -OCH3 is 1. The predicted molar refractivity (Wildman–Crippen MR) is 141 cm³/mol. The average molecular weight is 505 g/mol. The Morgan fingerprint density at radius 1 is 1.11 bits per heavy atom. The van der Waals surface area contributed by atoms with E-state index >= 15 is 0 Å². The van der Waals surface area contributed by atoms with Crippen molar-refractivity contribution < 1.29 is 18.7 Å². The third kappa shape index (κ3) is 6.21. The highest BCUT2D eigenvalue weighted by atomic mass is 19.1. The first-order valence-corrected chi connectivity index (χ1v) is 11.9. The second-order valence-electron chi connectivity index (χ2n) is 8.52. The topological polar surface area (TPSA) is 99.7 Å². The van der Waals surface area contributed by atoms with Gasteiger partial charge in [0.25, 0.3) is 0 Å². The monoisotopic (exact) mass is 504 g/mol. The van der Waals surface area contributed by atoms with E-state index in [1.807, 2.05) is 23.1 Å². The number of allylic oxidation sites excluding steroid dienone is 1. The van der Waals surface area contributed by atoms with Crippen LogP contribution in [-0.4, -0.2) is 59.8 Å². The molecule has 37 heavy (non-hydrogen) atoms. The number of benzene rings is 2.